The maximum atomic E-state index is 13.1. The number of likely N-dealkylation sites (tertiary alicyclic amines) is 1. The lowest BCUT2D eigenvalue weighted by Crippen LogP contribution is -2.32. The predicted molar refractivity (Wildman–Crippen MR) is 130 cm³/mol. The van der Waals surface area contributed by atoms with E-state index in [1.165, 1.54) is 12.0 Å². The summed E-state index contributed by atoms with van der Waals surface area (Å²) in [6, 6.07) is 13.4. The number of ketones is 1. The highest BCUT2D eigenvalue weighted by atomic mass is 16.5. The number of nitrogens with zero attached hydrogens (tertiary/aromatic N) is 1. The second kappa shape index (κ2) is 12.2. The summed E-state index contributed by atoms with van der Waals surface area (Å²) in [6.07, 6.45) is 3.13. The summed E-state index contributed by atoms with van der Waals surface area (Å²) in [7, 11) is 1.54. The minimum absolute atomic E-state index is 0.0494. The summed E-state index contributed by atoms with van der Waals surface area (Å²) in [5.74, 6) is -0.290. The van der Waals surface area contributed by atoms with Gasteiger partial charge in [-0.2, -0.15) is 0 Å². The highest BCUT2D eigenvalue weighted by Crippen LogP contribution is 2.40. The molecule has 1 aliphatic heterocycles. The largest absolute Gasteiger partial charge is 0.507 e. The van der Waals surface area contributed by atoms with Crippen LogP contribution in [0.1, 0.15) is 50.3 Å². The average molecular weight is 468 g/mol. The molecular weight excluding hydrogens is 434 g/mol. The van der Waals surface area contributed by atoms with E-state index < -0.39 is 17.7 Å². The number of aliphatic hydroxyl groups excluding tert-OH is 1. The van der Waals surface area contributed by atoms with Crippen molar-refractivity contribution in [2.45, 2.75) is 39.2 Å². The Balaban J connectivity index is 2.01. The van der Waals surface area contributed by atoms with Crippen molar-refractivity contribution in [3.05, 3.63) is 65.2 Å². The Morgan fingerprint density at radius 1 is 0.971 bits per heavy atom. The molecule has 1 unspecified atom stereocenters. The minimum Gasteiger partial charge on any atom is -0.507 e. The van der Waals surface area contributed by atoms with Gasteiger partial charge in [0.05, 0.1) is 31.4 Å². The van der Waals surface area contributed by atoms with E-state index in [0.29, 0.717) is 35.8 Å². The van der Waals surface area contributed by atoms with Gasteiger partial charge >= 0.3 is 0 Å². The van der Waals surface area contributed by atoms with Crippen LogP contribution in [-0.4, -0.2) is 55.2 Å². The minimum atomic E-state index is -0.749. The number of carbonyl (C=O) groups excluding carboxylic acids is 2. The van der Waals surface area contributed by atoms with Gasteiger partial charge in [-0.15, -0.1) is 0 Å². The van der Waals surface area contributed by atoms with Crippen molar-refractivity contribution in [3.63, 3.8) is 0 Å². The number of Topliss-reactive ketones (excluding diaryl/α,β-unsaturated/α-hetero) is 1. The predicted octanol–water partition coefficient (Wildman–Crippen LogP) is 4.72. The van der Waals surface area contributed by atoms with Crippen molar-refractivity contribution in [3.8, 4) is 11.5 Å². The highest BCUT2D eigenvalue weighted by Gasteiger charge is 2.46. The van der Waals surface area contributed by atoms with Crippen molar-refractivity contribution < 1.29 is 28.9 Å². The molecule has 1 fully saturated rings. The summed E-state index contributed by atoms with van der Waals surface area (Å²) < 4.78 is 16.5. The number of rotatable bonds is 12. The zero-order chi connectivity index (χ0) is 24.5. The molecule has 2 aromatic rings. The lowest BCUT2D eigenvalue weighted by atomic mass is 9.95. The van der Waals surface area contributed by atoms with Gasteiger partial charge in [0.1, 0.15) is 17.3 Å². The van der Waals surface area contributed by atoms with E-state index >= 15 is 0 Å². The maximum Gasteiger partial charge on any atom is 0.295 e. The van der Waals surface area contributed by atoms with Crippen LogP contribution in [0.5, 0.6) is 11.5 Å². The Hall–Kier alpha value is -3.32. The summed E-state index contributed by atoms with van der Waals surface area (Å²) in [6.45, 7) is 5.61. The van der Waals surface area contributed by atoms with Crippen LogP contribution in [0, 0.1) is 0 Å². The number of methoxy groups -OCH3 is 1. The van der Waals surface area contributed by atoms with E-state index in [1.807, 2.05) is 31.2 Å². The quantitative estimate of drug-likeness (QED) is 0.210. The number of ether oxygens (including phenoxy) is 3. The number of hydrogen-bond donors (Lipinski definition) is 1. The lowest BCUT2D eigenvalue weighted by molar-refractivity contribution is -0.140. The normalized spacial score (nSPS) is 17.3. The van der Waals surface area contributed by atoms with Gasteiger partial charge < -0.3 is 24.2 Å². The third-order valence-corrected chi connectivity index (χ3v) is 5.71. The number of amides is 1. The molecule has 0 saturated carbocycles. The van der Waals surface area contributed by atoms with E-state index in [0.717, 1.165) is 19.3 Å². The summed E-state index contributed by atoms with van der Waals surface area (Å²) in [5, 5.41) is 11.2. The van der Waals surface area contributed by atoms with E-state index in [2.05, 4.69) is 6.92 Å². The first-order valence-corrected chi connectivity index (χ1v) is 11.7. The first kappa shape index (κ1) is 25.3. The van der Waals surface area contributed by atoms with Crippen molar-refractivity contribution in [2.24, 2.45) is 0 Å². The third kappa shape index (κ3) is 5.78. The molecule has 1 heterocycles. The monoisotopic (exact) mass is 467 g/mol. The second-order valence-electron chi connectivity index (χ2n) is 8.07. The Bertz CT molecular complexity index is 1010. The zero-order valence-corrected chi connectivity index (χ0v) is 20.1. The molecule has 3 rings (SSSR count). The summed E-state index contributed by atoms with van der Waals surface area (Å²) in [4.78, 5) is 27.4. The van der Waals surface area contributed by atoms with Crippen LogP contribution in [0.4, 0.5) is 0 Å². The average Bonchev–Trinajstić information content (AvgIpc) is 3.10. The first-order valence-electron chi connectivity index (χ1n) is 11.7. The van der Waals surface area contributed by atoms with Gasteiger partial charge in [-0.1, -0.05) is 31.9 Å². The fourth-order valence-corrected chi connectivity index (χ4v) is 3.99. The van der Waals surface area contributed by atoms with Gasteiger partial charge in [-0.25, -0.2) is 0 Å². The van der Waals surface area contributed by atoms with Crippen LogP contribution in [0.25, 0.3) is 5.76 Å². The molecule has 182 valence electrons. The van der Waals surface area contributed by atoms with E-state index in [4.69, 9.17) is 14.2 Å². The van der Waals surface area contributed by atoms with Crippen molar-refractivity contribution in [1.82, 2.24) is 4.90 Å². The summed E-state index contributed by atoms with van der Waals surface area (Å²) in [5.41, 5.74) is 1.18. The molecule has 1 N–H and O–H groups in total. The molecule has 1 atom stereocenters. The molecule has 7 heteroatoms. The smallest absolute Gasteiger partial charge is 0.295 e. The molecule has 34 heavy (non-hydrogen) atoms. The molecule has 0 radical (unpaired) electrons. The fraction of sp³-hybridized carbons (Fsp3) is 0.407. The first-order chi connectivity index (χ1) is 16.5. The van der Waals surface area contributed by atoms with E-state index in [1.54, 1.807) is 24.3 Å². The molecule has 7 nitrogen and oxygen atoms in total. The zero-order valence-electron chi connectivity index (χ0n) is 20.1. The van der Waals surface area contributed by atoms with E-state index in [9.17, 15) is 14.7 Å². The van der Waals surface area contributed by atoms with Gasteiger partial charge in [-0.3, -0.25) is 9.59 Å². The summed E-state index contributed by atoms with van der Waals surface area (Å²) >= 11 is 0. The third-order valence-electron chi connectivity index (χ3n) is 5.71. The Labute approximate surface area is 200 Å². The van der Waals surface area contributed by atoms with Crippen LogP contribution in [0.15, 0.2) is 54.1 Å². The second-order valence-corrected chi connectivity index (χ2v) is 8.07. The SMILES string of the molecule is CCCCCOc1cccc(C2C(=C(O)c3ccc(OCC)cc3)C(=O)C(=O)N2CCOC)c1. The van der Waals surface area contributed by atoms with E-state index in [-0.39, 0.29) is 24.5 Å². The number of benzene rings is 2. The van der Waals surface area contributed by atoms with Crippen LogP contribution >= 0.6 is 0 Å². The molecule has 0 bridgehead atoms. The fourth-order valence-electron chi connectivity index (χ4n) is 3.99. The number of hydrogen-bond acceptors (Lipinski definition) is 6. The molecule has 0 spiro atoms. The van der Waals surface area contributed by atoms with Crippen LogP contribution in [-0.2, 0) is 14.3 Å². The molecule has 1 aliphatic rings. The highest BCUT2D eigenvalue weighted by molar-refractivity contribution is 6.46. The Morgan fingerprint density at radius 2 is 1.74 bits per heavy atom. The Morgan fingerprint density at radius 3 is 2.41 bits per heavy atom. The molecule has 1 saturated heterocycles. The van der Waals surface area contributed by atoms with Gasteiger partial charge in [0.2, 0.25) is 0 Å². The van der Waals surface area contributed by atoms with Gasteiger partial charge in [0.15, 0.2) is 0 Å². The van der Waals surface area contributed by atoms with Crippen LogP contribution < -0.4 is 9.47 Å². The van der Waals surface area contributed by atoms with Crippen molar-refractivity contribution in [2.75, 3.05) is 33.5 Å². The molecule has 0 aromatic heterocycles. The molecule has 1 amide bonds. The van der Waals surface area contributed by atoms with Gasteiger partial charge in [0, 0.05) is 19.2 Å². The Kier molecular flexibility index (Phi) is 9.10. The maximum absolute atomic E-state index is 13.1. The van der Waals surface area contributed by atoms with Gasteiger partial charge in [0.25, 0.3) is 11.7 Å². The number of aliphatic hydroxyl groups is 1. The number of carbonyl (C=O) groups is 2. The number of unbranched alkanes of at least 4 members (excludes halogenated alkanes) is 2. The van der Waals surface area contributed by atoms with Gasteiger partial charge in [-0.05, 0) is 55.3 Å². The standard InChI is InChI=1S/C27H33NO6/c1-4-6-7-16-34-22-10-8-9-20(18-22)24-23(26(30)27(31)28(24)15-17-32-3)25(29)19-11-13-21(14-12-19)33-5-2/h8-14,18,24,29H,4-7,15-17H2,1-3H3. The van der Waals surface area contributed by atoms with Crippen molar-refractivity contribution >= 4 is 17.4 Å². The topological polar surface area (TPSA) is 85.3 Å². The molecular formula is C27H33NO6. The van der Waals surface area contributed by atoms with Crippen molar-refractivity contribution in [1.29, 1.82) is 0 Å². The lowest BCUT2D eigenvalue weighted by Gasteiger charge is -2.25. The molecule has 2 aromatic carbocycles. The van der Waals surface area contributed by atoms with Crippen LogP contribution in [0.3, 0.4) is 0 Å². The molecule has 0 aliphatic carbocycles. The van der Waals surface area contributed by atoms with Crippen LogP contribution in [0.2, 0.25) is 0 Å².